The maximum Gasteiger partial charge on any atom is 0.256 e. The number of nitrogens with one attached hydrogen (secondary N) is 1. The maximum absolute atomic E-state index is 11.8. The molecule has 94 valence electrons. The zero-order valence-corrected chi connectivity index (χ0v) is 11.0. The fraction of sp³-hybridized carbons (Fsp3) is 0.154. The monoisotopic (exact) mass is 283 g/mol. The lowest BCUT2D eigenvalue weighted by Crippen LogP contribution is -2.22. The van der Waals surface area contributed by atoms with Crippen LogP contribution in [0.5, 0.6) is 0 Å². The molecule has 5 heteroatoms. The van der Waals surface area contributed by atoms with Gasteiger partial charge >= 0.3 is 0 Å². The largest absolute Gasteiger partial charge is 0.452 e. The van der Waals surface area contributed by atoms with Crippen molar-refractivity contribution in [1.29, 1.82) is 0 Å². The van der Waals surface area contributed by atoms with Gasteiger partial charge in [0.05, 0.1) is 11.8 Å². The van der Waals surface area contributed by atoms with Crippen molar-refractivity contribution in [2.24, 2.45) is 0 Å². The van der Waals surface area contributed by atoms with Gasteiger partial charge in [0.25, 0.3) is 5.91 Å². The van der Waals surface area contributed by atoms with Gasteiger partial charge in [-0.05, 0) is 28.8 Å². The maximum atomic E-state index is 11.8. The summed E-state index contributed by atoms with van der Waals surface area (Å²) in [4.78, 5) is 11.8. The molecule has 18 heavy (non-hydrogen) atoms. The van der Waals surface area contributed by atoms with E-state index in [-0.39, 0.29) is 11.1 Å². The van der Waals surface area contributed by atoms with Crippen LogP contribution in [0.1, 0.15) is 21.5 Å². The zero-order chi connectivity index (χ0) is 13.0. The Morgan fingerprint density at radius 1 is 1.28 bits per heavy atom. The van der Waals surface area contributed by atoms with Crippen molar-refractivity contribution in [2.45, 2.75) is 12.4 Å². The Balaban J connectivity index is 1.99. The topological polar surface area (TPSA) is 42.2 Å². The van der Waals surface area contributed by atoms with Crippen LogP contribution in [0, 0.1) is 0 Å². The summed E-state index contributed by atoms with van der Waals surface area (Å²) in [7, 11) is 0. The van der Waals surface area contributed by atoms with Crippen molar-refractivity contribution in [3.63, 3.8) is 0 Å². The van der Waals surface area contributed by atoms with Crippen LogP contribution in [-0.2, 0) is 12.4 Å². The van der Waals surface area contributed by atoms with Gasteiger partial charge < -0.3 is 9.73 Å². The normalized spacial score (nSPS) is 10.3. The number of hydrogen-bond donors (Lipinski definition) is 1. The highest BCUT2D eigenvalue weighted by molar-refractivity contribution is 6.32. The zero-order valence-electron chi connectivity index (χ0n) is 9.45. The molecule has 0 saturated heterocycles. The van der Waals surface area contributed by atoms with Crippen molar-refractivity contribution in [1.82, 2.24) is 5.32 Å². The van der Waals surface area contributed by atoms with Crippen molar-refractivity contribution in [2.75, 3.05) is 0 Å². The minimum Gasteiger partial charge on any atom is -0.452 e. The third-order valence-corrected chi connectivity index (χ3v) is 3.06. The number of hydrogen-bond acceptors (Lipinski definition) is 2. The molecule has 1 heterocycles. The van der Waals surface area contributed by atoms with Gasteiger partial charge in [0, 0.05) is 12.4 Å². The predicted molar refractivity (Wildman–Crippen MR) is 70.9 cm³/mol. The smallest absolute Gasteiger partial charge is 0.256 e. The Morgan fingerprint density at radius 3 is 2.72 bits per heavy atom. The number of halogens is 2. The van der Waals surface area contributed by atoms with Crippen molar-refractivity contribution in [3.05, 3.63) is 58.5 Å². The van der Waals surface area contributed by atoms with E-state index < -0.39 is 0 Å². The Labute approximate surface area is 115 Å². The predicted octanol–water partition coefficient (Wildman–Crippen LogP) is 3.60. The van der Waals surface area contributed by atoms with Crippen LogP contribution < -0.4 is 5.32 Å². The highest BCUT2D eigenvalue weighted by Crippen LogP contribution is 2.16. The van der Waals surface area contributed by atoms with Gasteiger partial charge in [-0.3, -0.25) is 4.79 Å². The first kappa shape index (κ1) is 13.0. The summed E-state index contributed by atoms with van der Waals surface area (Å²) >= 11 is 11.5. The van der Waals surface area contributed by atoms with Crippen LogP contribution in [0.25, 0.3) is 0 Å². The van der Waals surface area contributed by atoms with Crippen molar-refractivity contribution >= 4 is 29.1 Å². The van der Waals surface area contributed by atoms with E-state index >= 15 is 0 Å². The average molecular weight is 284 g/mol. The lowest BCUT2D eigenvalue weighted by molar-refractivity contribution is 0.0950. The van der Waals surface area contributed by atoms with E-state index in [1.807, 2.05) is 24.3 Å². The lowest BCUT2D eigenvalue weighted by Gasteiger charge is -2.05. The summed E-state index contributed by atoms with van der Waals surface area (Å²) < 4.78 is 4.86. The molecule has 1 N–H and O–H groups in total. The molecule has 0 spiro atoms. The molecule has 0 atom stereocenters. The molecule has 3 nitrogen and oxygen atoms in total. The Bertz CT molecular complexity index is 551. The number of carbonyl (C=O) groups excluding carboxylic acids is 1. The van der Waals surface area contributed by atoms with E-state index in [9.17, 15) is 4.79 Å². The molecule has 2 rings (SSSR count). The van der Waals surface area contributed by atoms with Crippen LogP contribution >= 0.6 is 23.2 Å². The second-order valence-corrected chi connectivity index (χ2v) is 4.35. The molecular weight excluding hydrogens is 273 g/mol. The molecule has 0 aliphatic rings. The molecule has 0 fully saturated rings. The Morgan fingerprint density at radius 2 is 2.06 bits per heavy atom. The molecular formula is C13H11Cl2NO2. The number of furan rings is 1. The first-order valence-electron chi connectivity index (χ1n) is 5.35. The van der Waals surface area contributed by atoms with Crippen LogP contribution in [0.4, 0.5) is 0 Å². The first-order valence-corrected chi connectivity index (χ1v) is 6.27. The van der Waals surface area contributed by atoms with Gasteiger partial charge in [-0.2, -0.15) is 0 Å². The highest BCUT2D eigenvalue weighted by Gasteiger charge is 2.12. The second kappa shape index (κ2) is 5.94. The minimum atomic E-state index is -0.259. The Hall–Kier alpha value is -1.45. The number of carbonyl (C=O) groups is 1. The van der Waals surface area contributed by atoms with Crippen LogP contribution in [-0.4, -0.2) is 5.91 Å². The fourth-order valence-electron chi connectivity index (χ4n) is 1.56. The van der Waals surface area contributed by atoms with Crippen LogP contribution in [0.3, 0.4) is 0 Å². The summed E-state index contributed by atoms with van der Waals surface area (Å²) in [5.41, 5.74) is 2.34. The number of benzene rings is 1. The fourth-order valence-corrected chi connectivity index (χ4v) is 1.92. The van der Waals surface area contributed by atoms with Gasteiger partial charge in [0.15, 0.2) is 0 Å². The summed E-state index contributed by atoms with van der Waals surface area (Å²) in [6.07, 6.45) is 1.38. The molecule has 0 bridgehead atoms. The van der Waals surface area contributed by atoms with Crippen LogP contribution in [0.15, 0.2) is 41.0 Å². The molecule has 1 amide bonds. The summed E-state index contributed by atoms with van der Waals surface area (Å²) in [5, 5.41) is 2.87. The number of alkyl halides is 1. The minimum absolute atomic E-state index is 0.0991. The standard InChI is InChI=1S/C13H11Cl2NO2/c14-7-9-2-1-3-10(6-9)8-16-13(17)11-4-5-18-12(11)15/h1-6H,7-8H2,(H,16,17). The average Bonchev–Trinajstić information content (AvgIpc) is 2.82. The number of amides is 1. The van der Waals surface area contributed by atoms with E-state index in [0.717, 1.165) is 11.1 Å². The second-order valence-electron chi connectivity index (χ2n) is 3.74. The molecule has 0 aliphatic carbocycles. The van der Waals surface area contributed by atoms with E-state index in [2.05, 4.69) is 5.32 Å². The molecule has 0 unspecified atom stereocenters. The summed E-state index contributed by atoms with van der Waals surface area (Å²) in [5.74, 6) is 0.194. The third kappa shape index (κ3) is 3.06. The Kier molecular flexibility index (Phi) is 4.28. The quantitative estimate of drug-likeness (QED) is 0.871. The van der Waals surface area contributed by atoms with Gasteiger partial charge in [0.2, 0.25) is 5.22 Å². The molecule has 1 aromatic carbocycles. The first-order chi connectivity index (χ1) is 8.70. The molecule has 0 aliphatic heterocycles. The highest BCUT2D eigenvalue weighted by atomic mass is 35.5. The SMILES string of the molecule is O=C(NCc1cccc(CCl)c1)c1ccoc1Cl. The van der Waals surface area contributed by atoms with E-state index in [1.54, 1.807) is 0 Å². The van der Waals surface area contributed by atoms with E-state index in [4.69, 9.17) is 27.6 Å². The molecule has 0 radical (unpaired) electrons. The van der Waals surface area contributed by atoms with Crippen molar-refractivity contribution in [3.8, 4) is 0 Å². The summed E-state index contributed by atoms with van der Waals surface area (Å²) in [6.45, 7) is 0.422. The molecule has 2 aromatic rings. The van der Waals surface area contributed by atoms with E-state index in [1.165, 1.54) is 12.3 Å². The molecule has 1 aromatic heterocycles. The number of rotatable bonds is 4. The van der Waals surface area contributed by atoms with Gasteiger partial charge in [0.1, 0.15) is 0 Å². The van der Waals surface area contributed by atoms with Gasteiger partial charge in [-0.15, -0.1) is 11.6 Å². The van der Waals surface area contributed by atoms with Gasteiger partial charge in [-0.1, -0.05) is 24.3 Å². The third-order valence-electron chi connectivity index (χ3n) is 2.46. The van der Waals surface area contributed by atoms with Gasteiger partial charge in [-0.25, -0.2) is 0 Å². The summed E-state index contributed by atoms with van der Waals surface area (Å²) in [6, 6.07) is 9.25. The lowest BCUT2D eigenvalue weighted by atomic mass is 10.1. The van der Waals surface area contributed by atoms with Crippen molar-refractivity contribution < 1.29 is 9.21 Å². The van der Waals surface area contributed by atoms with Crippen LogP contribution in [0.2, 0.25) is 5.22 Å². The van der Waals surface area contributed by atoms with E-state index in [0.29, 0.717) is 18.0 Å². The molecule has 0 saturated carbocycles.